The third kappa shape index (κ3) is 3.62. The van der Waals surface area contributed by atoms with Gasteiger partial charge in [0, 0.05) is 0 Å². The minimum atomic E-state index is -0.0774. The molecule has 0 unspecified atom stereocenters. The van der Waals surface area contributed by atoms with Crippen molar-refractivity contribution in [1.29, 1.82) is 0 Å². The van der Waals surface area contributed by atoms with Crippen LogP contribution in [0.4, 0.5) is 5.95 Å². The molecule has 0 spiro atoms. The Hall–Kier alpha value is -2.54. The van der Waals surface area contributed by atoms with Gasteiger partial charge in [-0.15, -0.1) is 5.10 Å². The molecule has 1 heterocycles. The Kier molecular flexibility index (Phi) is 4.47. The summed E-state index contributed by atoms with van der Waals surface area (Å²) in [5, 5.41) is 12.2. The van der Waals surface area contributed by atoms with E-state index in [-0.39, 0.29) is 23.7 Å². The van der Waals surface area contributed by atoms with E-state index in [1.807, 2.05) is 31.2 Å². The van der Waals surface area contributed by atoms with Gasteiger partial charge >= 0.3 is 0 Å². The smallest absolute Gasteiger partial charge is 0.230 e. The molecule has 0 aliphatic rings. The van der Waals surface area contributed by atoms with Crippen LogP contribution in [0.2, 0.25) is 0 Å². The van der Waals surface area contributed by atoms with Gasteiger partial charge in [0.1, 0.15) is 0 Å². The minimum absolute atomic E-state index is 0.0706. The molecular weight excluding hydrogens is 310 g/mol. The fourth-order valence-corrected chi connectivity index (χ4v) is 3.06. The zero-order chi connectivity index (χ0) is 16.2. The second kappa shape index (κ2) is 6.70. The Morgan fingerprint density at radius 2 is 2.09 bits per heavy atom. The Morgan fingerprint density at radius 3 is 2.87 bits per heavy atom. The molecule has 0 saturated carbocycles. The first kappa shape index (κ1) is 15.4. The zero-order valence-electron chi connectivity index (χ0n) is 12.6. The monoisotopic (exact) mass is 327 g/mol. The first-order chi connectivity index (χ1) is 11.1. The van der Waals surface area contributed by atoms with Crippen molar-refractivity contribution in [2.24, 2.45) is 0 Å². The average Bonchev–Trinajstić information content (AvgIpc) is 2.98. The Labute approximate surface area is 137 Å². The van der Waals surface area contributed by atoms with Crippen LogP contribution in [0, 0.1) is 0 Å². The molecule has 0 bridgehead atoms. The van der Waals surface area contributed by atoms with Gasteiger partial charge in [0.25, 0.3) is 0 Å². The number of nitrogens with zero attached hydrogens (tertiary/aromatic N) is 2. The first-order valence-corrected chi connectivity index (χ1v) is 8.20. The number of carbonyl (C=O) groups is 1. The van der Waals surface area contributed by atoms with Crippen LogP contribution in [0.25, 0.3) is 10.8 Å². The molecule has 0 aliphatic heterocycles. The fourth-order valence-electron chi connectivity index (χ4n) is 2.44. The van der Waals surface area contributed by atoms with Gasteiger partial charge in [-0.05, 0) is 23.3 Å². The lowest BCUT2D eigenvalue weighted by Crippen LogP contribution is -2.28. The van der Waals surface area contributed by atoms with Crippen molar-refractivity contribution in [2.75, 3.05) is 11.5 Å². The van der Waals surface area contributed by atoms with Crippen molar-refractivity contribution in [3.05, 3.63) is 48.0 Å². The molecule has 1 amide bonds. The summed E-state index contributed by atoms with van der Waals surface area (Å²) in [6.45, 7) is 1.98. The fraction of sp³-hybridized carbons (Fsp3) is 0.188. The van der Waals surface area contributed by atoms with Crippen LogP contribution in [0.5, 0.6) is 0 Å². The number of nitrogens with one attached hydrogen (secondary N) is 2. The lowest BCUT2D eigenvalue weighted by molar-refractivity contribution is -0.119. The highest BCUT2D eigenvalue weighted by Crippen LogP contribution is 2.24. The number of hydrogen-bond acceptors (Lipinski definition) is 5. The van der Waals surface area contributed by atoms with Crippen LogP contribution in [0.3, 0.4) is 0 Å². The van der Waals surface area contributed by atoms with Crippen molar-refractivity contribution in [2.45, 2.75) is 18.1 Å². The summed E-state index contributed by atoms with van der Waals surface area (Å²) >= 11 is 1.24. The van der Waals surface area contributed by atoms with Gasteiger partial charge in [-0.25, -0.2) is 5.10 Å². The molecule has 4 N–H and O–H groups in total. The lowest BCUT2D eigenvalue weighted by Gasteiger charge is -2.16. The van der Waals surface area contributed by atoms with Crippen molar-refractivity contribution in [3.63, 3.8) is 0 Å². The van der Waals surface area contributed by atoms with E-state index in [4.69, 9.17) is 5.73 Å². The standard InChI is InChI=1S/C16H17N5OS/c1-10(12-8-4-6-11-5-2-3-7-13(11)12)18-14(22)9-23-16-19-15(17)20-21-16/h2-8,10H,9H2,1H3,(H,18,22)(H3,17,19,20,21)/t10-/m0/s1. The number of benzene rings is 2. The second-order valence-electron chi connectivity index (χ2n) is 5.15. The van der Waals surface area contributed by atoms with Gasteiger partial charge in [0.15, 0.2) is 0 Å². The lowest BCUT2D eigenvalue weighted by atomic mass is 10.00. The normalized spacial score (nSPS) is 12.2. The number of fused-ring (bicyclic) bond motifs is 1. The predicted octanol–water partition coefficient (Wildman–Crippen LogP) is 2.51. The summed E-state index contributed by atoms with van der Waals surface area (Å²) in [7, 11) is 0. The number of rotatable bonds is 5. The molecule has 7 heteroatoms. The molecule has 3 rings (SSSR count). The SMILES string of the molecule is C[C@H](NC(=O)CSc1n[nH]c(N)n1)c1cccc2ccccc12. The highest BCUT2D eigenvalue weighted by molar-refractivity contribution is 7.99. The number of nitrogens with two attached hydrogens (primary N) is 1. The number of hydrogen-bond donors (Lipinski definition) is 3. The molecule has 1 atom stereocenters. The van der Waals surface area contributed by atoms with E-state index in [2.05, 4.69) is 38.7 Å². The molecule has 2 aromatic carbocycles. The van der Waals surface area contributed by atoms with Crippen molar-refractivity contribution in [3.8, 4) is 0 Å². The number of anilines is 1. The molecule has 3 aromatic rings. The number of H-pyrrole nitrogens is 1. The number of aromatic amines is 1. The van der Waals surface area contributed by atoms with Crippen LogP contribution < -0.4 is 11.1 Å². The van der Waals surface area contributed by atoms with Crippen molar-refractivity contribution >= 4 is 34.4 Å². The topological polar surface area (TPSA) is 96.7 Å². The number of carbonyl (C=O) groups excluding carboxylic acids is 1. The Balaban J connectivity index is 1.65. The average molecular weight is 327 g/mol. The number of thioether (sulfide) groups is 1. The molecule has 0 aliphatic carbocycles. The summed E-state index contributed by atoms with van der Waals surface area (Å²) in [6, 6.07) is 14.2. The van der Waals surface area contributed by atoms with E-state index in [9.17, 15) is 4.79 Å². The molecule has 0 fully saturated rings. The highest BCUT2D eigenvalue weighted by Gasteiger charge is 2.13. The van der Waals surface area contributed by atoms with Gasteiger partial charge in [0.05, 0.1) is 11.8 Å². The summed E-state index contributed by atoms with van der Waals surface area (Å²) in [5.41, 5.74) is 6.55. The Bertz CT molecular complexity index is 827. The van der Waals surface area contributed by atoms with Crippen LogP contribution in [0.1, 0.15) is 18.5 Å². The molecule has 23 heavy (non-hydrogen) atoms. The van der Waals surface area contributed by atoms with E-state index in [1.54, 1.807) is 0 Å². The van der Waals surface area contributed by atoms with Gasteiger partial charge in [-0.1, -0.05) is 54.2 Å². The highest BCUT2D eigenvalue weighted by atomic mass is 32.2. The van der Waals surface area contributed by atoms with E-state index in [1.165, 1.54) is 11.8 Å². The van der Waals surface area contributed by atoms with E-state index in [0.29, 0.717) is 5.16 Å². The summed E-state index contributed by atoms with van der Waals surface area (Å²) < 4.78 is 0. The largest absolute Gasteiger partial charge is 0.368 e. The summed E-state index contributed by atoms with van der Waals surface area (Å²) in [5.74, 6) is 0.419. The maximum atomic E-state index is 12.1. The van der Waals surface area contributed by atoms with Crippen LogP contribution >= 0.6 is 11.8 Å². The summed E-state index contributed by atoms with van der Waals surface area (Å²) in [6.07, 6.45) is 0. The molecule has 0 radical (unpaired) electrons. The first-order valence-electron chi connectivity index (χ1n) is 7.21. The van der Waals surface area contributed by atoms with Gasteiger partial charge in [0.2, 0.25) is 17.0 Å². The zero-order valence-corrected chi connectivity index (χ0v) is 13.4. The van der Waals surface area contributed by atoms with Crippen LogP contribution in [-0.2, 0) is 4.79 Å². The third-order valence-corrected chi connectivity index (χ3v) is 4.33. The van der Waals surface area contributed by atoms with Crippen molar-refractivity contribution in [1.82, 2.24) is 20.5 Å². The number of amides is 1. The van der Waals surface area contributed by atoms with Crippen LogP contribution in [0.15, 0.2) is 47.6 Å². The van der Waals surface area contributed by atoms with E-state index in [0.717, 1.165) is 16.3 Å². The second-order valence-corrected chi connectivity index (χ2v) is 6.09. The van der Waals surface area contributed by atoms with Crippen molar-refractivity contribution < 1.29 is 4.79 Å². The molecule has 0 saturated heterocycles. The Morgan fingerprint density at radius 1 is 1.30 bits per heavy atom. The van der Waals surface area contributed by atoms with Gasteiger partial charge in [-0.3, -0.25) is 4.79 Å². The molecule has 6 nitrogen and oxygen atoms in total. The maximum Gasteiger partial charge on any atom is 0.230 e. The number of aromatic nitrogens is 3. The number of nitrogen functional groups attached to an aromatic ring is 1. The molecule has 118 valence electrons. The van der Waals surface area contributed by atoms with Gasteiger partial charge in [-0.2, -0.15) is 4.98 Å². The van der Waals surface area contributed by atoms with Gasteiger partial charge < -0.3 is 11.1 Å². The van der Waals surface area contributed by atoms with Crippen LogP contribution in [-0.4, -0.2) is 26.8 Å². The van der Waals surface area contributed by atoms with E-state index >= 15 is 0 Å². The quantitative estimate of drug-likeness (QED) is 0.626. The maximum absolute atomic E-state index is 12.1. The molecular formula is C16H17N5OS. The minimum Gasteiger partial charge on any atom is -0.368 e. The summed E-state index contributed by atoms with van der Waals surface area (Å²) in [4.78, 5) is 16.1. The predicted molar refractivity (Wildman–Crippen MR) is 92.0 cm³/mol. The third-order valence-electron chi connectivity index (χ3n) is 3.48. The molecule has 1 aromatic heterocycles. The van der Waals surface area contributed by atoms with E-state index < -0.39 is 0 Å².